The van der Waals surface area contributed by atoms with Gasteiger partial charge in [-0.3, -0.25) is 9.78 Å². The van der Waals surface area contributed by atoms with Crippen LogP contribution in [0.2, 0.25) is 0 Å². The number of pyridine rings is 1. The number of aromatic nitrogens is 1. The van der Waals surface area contributed by atoms with E-state index in [9.17, 15) is 15.0 Å². The van der Waals surface area contributed by atoms with Crippen LogP contribution in [0.4, 0.5) is 0 Å². The summed E-state index contributed by atoms with van der Waals surface area (Å²) in [4.78, 5) is 18.7. The lowest BCUT2D eigenvalue weighted by Gasteiger charge is -2.27. The summed E-state index contributed by atoms with van der Waals surface area (Å²) in [6.45, 7) is 6.38. The van der Waals surface area contributed by atoms with E-state index in [0.29, 0.717) is 35.8 Å². The fourth-order valence-corrected chi connectivity index (χ4v) is 3.69. The first-order valence-corrected chi connectivity index (χ1v) is 9.03. The highest BCUT2D eigenvalue weighted by atomic mass is 16.3. The predicted octanol–water partition coefficient (Wildman–Crippen LogP) is 3.15. The molecule has 1 fully saturated rings. The normalized spacial score (nSPS) is 16.3. The highest BCUT2D eigenvalue weighted by Gasteiger charge is 2.26. The third-order valence-electron chi connectivity index (χ3n) is 5.23. The van der Waals surface area contributed by atoms with E-state index >= 15 is 0 Å². The summed E-state index contributed by atoms with van der Waals surface area (Å²) in [5, 5.41) is 19.8. The maximum absolute atomic E-state index is 12.8. The van der Waals surface area contributed by atoms with Gasteiger partial charge in [-0.15, -0.1) is 0 Å². The fourth-order valence-electron chi connectivity index (χ4n) is 3.69. The van der Waals surface area contributed by atoms with Crippen molar-refractivity contribution in [3.8, 4) is 5.75 Å². The molecule has 1 aromatic heterocycles. The Kier molecular flexibility index (Phi) is 6.60. The third kappa shape index (κ3) is 4.26. The Hall–Kier alpha value is -1.62. The van der Waals surface area contributed by atoms with E-state index in [4.69, 9.17) is 0 Å². The van der Waals surface area contributed by atoms with Gasteiger partial charge in [-0.05, 0) is 26.2 Å². The van der Waals surface area contributed by atoms with E-state index in [-0.39, 0.29) is 24.2 Å². The summed E-state index contributed by atoms with van der Waals surface area (Å²) in [6, 6.07) is 0. The van der Waals surface area contributed by atoms with Crippen molar-refractivity contribution in [3.05, 3.63) is 23.0 Å². The van der Waals surface area contributed by atoms with Gasteiger partial charge >= 0.3 is 0 Å². The Morgan fingerprint density at radius 2 is 2.08 bits per heavy atom. The van der Waals surface area contributed by atoms with Crippen molar-refractivity contribution in [2.24, 2.45) is 11.8 Å². The van der Waals surface area contributed by atoms with E-state index in [0.717, 1.165) is 6.42 Å². The molecule has 0 aromatic carbocycles. The van der Waals surface area contributed by atoms with Crippen molar-refractivity contribution in [3.63, 3.8) is 0 Å². The lowest BCUT2D eigenvalue weighted by Crippen LogP contribution is -2.35. The van der Waals surface area contributed by atoms with Crippen molar-refractivity contribution >= 4 is 5.91 Å². The molecular weight excluding hydrogens is 304 g/mol. The lowest BCUT2D eigenvalue weighted by atomic mass is 9.93. The number of aryl methyl sites for hydroxylation is 1. The molecule has 1 heterocycles. The Balaban J connectivity index is 2.11. The van der Waals surface area contributed by atoms with Crippen LogP contribution in [0.5, 0.6) is 5.75 Å². The molecule has 5 nitrogen and oxygen atoms in total. The minimum Gasteiger partial charge on any atom is -0.506 e. The van der Waals surface area contributed by atoms with Crippen LogP contribution in [-0.4, -0.2) is 32.5 Å². The summed E-state index contributed by atoms with van der Waals surface area (Å²) in [6.07, 6.45) is 7.57. The van der Waals surface area contributed by atoms with Crippen molar-refractivity contribution in [2.45, 2.75) is 66.0 Å². The standard InChI is InChI=1S/C19H30N2O3/c1-4-21(19(24)13(2)9-15-7-5-6-8-15)11-17-16(12-22)10-20-14(3)18(17)23/h10,13,15,22-23H,4-9,11-12H2,1-3H3. The minimum absolute atomic E-state index is 0.00398. The van der Waals surface area contributed by atoms with Crippen molar-refractivity contribution in [2.75, 3.05) is 6.54 Å². The molecule has 1 atom stereocenters. The van der Waals surface area contributed by atoms with E-state index in [2.05, 4.69) is 4.98 Å². The lowest BCUT2D eigenvalue weighted by molar-refractivity contribution is -0.136. The van der Waals surface area contributed by atoms with Crippen LogP contribution in [0.1, 0.15) is 62.8 Å². The minimum atomic E-state index is -0.195. The number of hydrogen-bond acceptors (Lipinski definition) is 4. The Morgan fingerprint density at radius 3 is 2.67 bits per heavy atom. The molecule has 2 N–H and O–H groups in total. The molecular formula is C19H30N2O3. The van der Waals surface area contributed by atoms with Gasteiger partial charge in [0, 0.05) is 36.3 Å². The van der Waals surface area contributed by atoms with Crippen LogP contribution in [0.15, 0.2) is 6.20 Å². The quantitative estimate of drug-likeness (QED) is 0.803. The number of rotatable bonds is 7. The summed E-state index contributed by atoms with van der Waals surface area (Å²) >= 11 is 0. The fraction of sp³-hybridized carbons (Fsp3) is 0.684. The molecule has 0 saturated heterocycles. The van der Waals surface area contributed by atoms with Crippen LogP contribution in [0.25, 0.3) is 0 Å². The Labute approximate surface area is 144 Å². The van der Waals surface area contributed by atoms with Gasteiger partial charge < -0.3 is 15.1 Å². The third-order valence-corrected chi connectivity index (χ3v) is 5.23. The molecule has 0 radical (unpaired) electrons. The second-order valence-corrected chi connectivity index (χ2v) is 6.99. The van der Waals surface area contributed by atoms with Gasteiger partial charge in [0.25, 0.3) is 0 Å². The van der Waals surface area contributed by atoms with Gasteiger partial charge in [0.2, 0.25) is 5.91 Å². The smallest absolute Gasteiger partial charge is 0.225 e. The SMILES string of the molecule is CCN(Cc1c(CO)cnc(C)c1O)C(=O)C(C)CC1CCCC1. The molecule has 0 aliphatic heterocycles. The average molecular weight is 334 g/mol. The largest absolute Gasteiger partial charge is 0.506 e. The molecule has 2 rings (SSSR count). The molecule has 0 spiro atoms. The van der Waals surface area contributed by atoms with Gasteiger partial charge in [0.1, 0.15) is 5.75 Å². The first-order valence-electron chi connectivity index (χ1n) is 9.03. The number of nitrogens with zero attached hydrogens (tertiary/aromatic N) is 2. The maximum Gasteiger partial charge on any atom is 0.225 e. The van der Waals surface area contributed by atoms with Crippen molar-refractivity contribution in [1.29, 1.82) is 0 Å². The molecule has 1 unspecified atom stereocenters. The molecule has 1 saturated carbocycles. The molecule has 134 valence electrons. The van der Waals surface area contributed by atoms with E-state index in [1.165, 1.54) is 25.7 Å². The van der Waals surface area contributed by atoms with Gasteiger partial charge in [-0.1, -0.05) is 32.6 Å². The van der Waals surface area contributed by atoms with Gasteiger partial charge in [-0.25, -0.2) is 0 Å². The van der Waals surface area contributed by atoms with Gasteiger partial charge in [0.05, 0.1) is 12.3 Å². The van der Waals surface area contributed by atoms with Crippen LogP contribution >= 0.6 is 0 Å². The average Bonchev–Trinajstić information content (AvgIpc) is 3.08. The zero-order valence-electron chi connectivity index (χ0n) is 15.1. The number of carbonyl (C=O) groups excluding carboxylic acids is 1. The topological polar surface area (TPSA) is 73.7 Å². The molecule has 1 aliphatic rings. The Bertz CT molecular complexity index is 568. The predicted molar refractivity (Wildman–Crippen MR) is 93.4 cm³/mol. The molecule has 0 bridgehead atoms. The number of aliphatic hydroxyl groups is 1. The molecule has 24 heavy (non-hydrogen) atoms. The second kappa shape index (κ2) is 8.47. The van der Waals surface area contributed by atoms with Crippen molar-refractivity contribution in [1.82, 2.24) is 9.88 Å². The second-order valence-electron chi connectivity index (χ2n) is 6.99. The first-order chi connectivity index (χ1) is 11.5. The van der Waals surface area contributed by atoms with Gasteiger partial charge in [0.15, 0.2) is 0 Å². The van der Waals surface area contributed by atoms with E-state index in [1.54, 1.807) is 18.0 Å². The summed E-state index contributed by atoms with van der Waals surface area (Å²) < 4.78 is 0. The van der Waals surface area contributed by atoms with Gasteiger partial charge in [-0.2, -0.15) is 0 Å². The number of hydrogen-bond donors (Lipinski definition) is 2. The van der Waals surface area contributed by atoms with Crippen LogP contribution in [0, 0.1) is 18.8 Å². The Morgan fingerprint density at radius 1 is 1.42 bits per heavy atom. The zero-order chi connectivity index (χ0) is 17.7. The maximum atomic E-state index is 12.8. The van der Waals surface area contributed by atoms with Crippen LogP contribution < -0.4 is 0 Å². The monoisotopic (exact) mass is 334 g/mol. The van der Waals surface area contributed by atoms with E-state index < -0.39 is 0 Å². The number of aliphatic hydroxyl groups excluding tert-OH is 1. The van der Waals surface area contributed by atoms with Crippen molar-refractivity contribution < 1.29 is 15.0 Å². The number of amides is 1. The molecule has 1 aliphatic carbocycles. The molecule has 1 aromatic rings. The molecule has 1 amide bonds. The highest BCUT2D eigenvalue weighted by molar-refractivity contribution is 5.78. The summed E-state index contributed by atoms with van der Waals surface area (Å²) in [5.74, 6) is 0.876. The van der Waals surface area contributed by atoms with E-state index in [1.807, 2.05) is 13.8 Å². The van der Waals surface area contributed by atoms with Crippen LogP contribution in [0.3, 0.4) is 0 Å². The first kappa shape index (κ1) is 18.7. The number of carbonyl (C=O) groups is 1. The summed E-state index contributed by atoms with van der Waals surface area (Å²) in [5.41, 5.74) is 1.70. The molecule has 5 heteroatoms. The van der Waals surface area contributed by atoms with Crippen LogP contribution in [-0.2, 0) is 17.9 Å². The zero-order valence-corrected chi connectivity index (χ0v) is 15.1. The number of aromatic hydroxyl groups is 1. The summed E-state index contributed by atoms with van der Waals surface area (Å²) in [7, 11) is 0. The highest BCUT2D eigenvalue weighted by Crippen LogP contribution is 2.31.